The number of benzene rings is 1. The minimum Gasteiger partial charge on any atom is -0.347 e. The molecule has 1 amide bonds. The highest BCUT2D eigenvalue weighted by Gasteiger charge is 2.32. The second-order valence-corrected chi connectivity index (χ2v) is 9.74. The number of hydrogen-bond acceptors (Lipinski definition) is 3. The number of amides is 1. The number of pyridine rings is 1. The Kier molecular flexibility index (Phi) is 7.65. The van der Waals surface area contributed by atoms with E-state index < -0.39 is 5.41 Å². The van der Waals surface area contributed by atoms with Gasteiger partial charge < -0.3 is 10.2 Å². The SMILES string of the molecule is C[C@H](CCN1CCC([C@H](NC(=O)C(C)(C)C)c2ccccn2)CC1)c1ccccc1. The Morgan fingerprint density at radius 1 is 1.10 bits per heavy atom. The van der Waals surface area contributed by atoms with Gasteiger partial charge in [0.25, 0.3) is 0 Å². The zero-order valence-electron chi connectivity index (χ0n) is 19.0. The van der Waals surface area contributed by atoms with E-state index in [9.17, 15) is 4.79 Å². The topological polar surface area (TPSA) is 45.2 Å². The Morgan fingerprint density at radius 3 is 2.37 bits per heavy atom. The first-order valence-corrected chi connectivity index (χ1v) is 11.3. The molecule has 1 N–H and O–H groups in total. The molecule has 3 rings (SSSR count). The van der Waals surface area contributed by atoms with Gasteiger partial charge in [-0.15, -0.1) is 0 Å². The van der Waals surface area contributed by atoms with Crippen LogP contribution in [0.2, 0.25) is 0 Å². The van der Waals surface area contributed by atoms with Crippen LogP contribution in [0.3, 0.4) is 0 Å². The quantitative estimate of drug-likeness (QED) is 0.687. The Morgan fingerprint density at radius 2 is 1.77 bits per heavy atom. The van der Waals surface area contributed by atoms with Gasteiger partial charge in [-0.1, -0.05) is 64.1 Å². The van der Waals surface area contributed by atoms with Gasteiger partial charge in [0.1, 0.15) is 0 Å². The molecule has 0 spiro atoms. The van der Waals surface area contributed by atoms with E-state index in [0.717, 1.165) is 38.2 Å². The van der Waals surface area contributed by atoms with E-state index >= 15 is 0 Å². The Balaban J connectivity index is 1.57. The van der Waals surface area contributed by atoms with E-state index in [0.29, 0.717) is 11.8 Å². The van der Waals surface area contributed by atoms with E-state index in [1.807, 2.05) is 45.2 Å². The first-order chi connectivity index (χ1) is 14.3. The lowest BCUT2D eigenvalue weighted by Crippen LogP contribution is -2.44. The predicted molar refractivity (Wildman–Crippen MR) is 123 cm³/mol. The van der Waals surface area contributed by atoms with Crippen LogP contribution in [0.15, 0.2) is 54.7 Å². The molecule has 4 heteroatoms. The van der Waals surface area contributed by atoms with E-state index in [4.69, 9.17) is 0 Å². The highest BCUT2D eigenvalue weighted by molar-refractivity contribution is 5.81. The van der Waals surface area contributed by atoms with Crippen LogP contribution in [0, 0.1) is 11.3 Å². The largest absolute Gasteiger partial charge is 0.347 e. The third-order valence-corrected chi connectivity index (χ3v) is 6.32. The van der Waals surface area contributed by atoms with E-state index in [1.54, 1.807) is 0 Å². The fraction of sp³-hybridized carbons (Fsp3) is 0.538. The zero-order valence-corrected chi connectivity index (χ0v) is 19.0. The van der Waals surface area contributed by atoms with Crippen molar-refractivity contribution in [3.05, 3.63) is 66.0 Å². The van der Waals surface area contributed by atoms with Crippen molar-refractivity contribution >= 4 is 5.91 Å². The number of likely N-dealkylation sites (tertiary alicyclic amines) is 1. The number of nitrogens with zero attached hydrogens (tertiary/aromatic N) is 2. The molecule has 1 saturated heterocycles. The Bertz CT molecular complexity index is 777. The number of carbonyl (C=O) groups excluding carboxylic acids is 1. The van der Waals surface area contributed by atoms with Crippen molar-refractivity contribution in [2.45, 2.75) is 58.9 Å². The monoisotopic (exact) mass is 407 g/mol. The van der Waals surface area contributed by atoms with Crippen LogP contribution in [0.1, 0.15) is 70.2 Å². The molecule has 1 aromatic heterocycles. The smallest absolute Gasteiger partial charge is 0.225 e. The number of nitrogens with one attached hydrogen (secondary N) is 1. The highest BCUT2D eigenvalue weighted by Crippen LogP contribution is 2.31. The summed E-state index contributed by atoms with van der Waals surface area (Å²) in [6.45, 7) is 11.5. The minimum atomic E-state index is -0.401. The van der Waals surface area contributed by atoms with Gasteiger partial charge in [-0.3, -0.25) is 9.78 Å². The summed E-state index contributed by atoms with van der Waals surface area (Å²) < 4.78 is 0. The fourth-order valence-electron chi connectivity index (χ4n) is 4.19. The van der Waals surface area contributed by atoms with Gasteiger partial charge in [-0.2, -0.15) is 0 Å². The van der Waals surface area contributed by atoms with Crippen molar-refractivity contribution in [3.63, 3.8) is 0 Å². The standard InChI is InChI=1S/C26H37N3O/c1-20(21-10-6-5-7-11-21)13-17-29-18-14-22(15-19-29)24(23-12-8-9-16-27-23)28-25(30)26(2,3)4/h5-12,16,20,22,24H,13-15,17-19H2,1-4H3,(H,28,30)/t20-,24+/m1/s1. The Hall–Kier alpha value is -2.20. The van der Waals surface area contributed by atoms with Crippen molar-refractivity contribution in [1.29, 1.82) is 0 Å². The molecule has 0 unspecified atom stereocenters. The van der Waals surface area contributed by atoms with E-state index in [1.165, 1.54) is 12.0 Å². The van der Waals surface area contributed by atoms with Gasteiger partial charge in [-0.25, -0.2) is 0 Å². The lowest BCUT2D eigenvalue weighted by molar-refractivity contribution is -0.129. The van der Waals surface area contributed by atoms with Gasteiger partial charge in [0.15, 0.2) is 0 Å². The van der Waals surface area contributed by atoms with Gasteiger partial charge in [-0.05, 0) is 68.4 Å². The van der Waals surface area contributed by atoms with Crippen LogP contribution in [-0.2, 0) is 4.79 Å². The molecule has 4 nitrogen and oxygen atoms in total. The van der Waals surface area contributed by atoms with Gasteiger partial charge in [0.05, 0.1) is 11.7 Å². The third-order valence-electron chi connectivity index (χ3n) is 6.32. The van der Waals surface area contributed by atoms with Crippen LogP contribution in [0.4, 0.5) is 0 Å². The summed E-state index contributed by atoms with van der Waals surface area (Å²) in [5.74, 6) is 1.10. The molecule has 1 aliphatic heterocycles. The molecule has 0 radical (unpaired) electrons. The van der Waals surface area contributed by atoms with E-state index in [-0.39, 0.29) is 11.9 Å². The van der Waals surface area contributed by atoms with Gasteiger partial charge in [0, 0.05) is 11.6 Å². The molecule has 1 aliphatic rings. The maximum Gasteiger partial charge on any atom is 0.225 e. The molecule has 0 saturated carbocycles. The molecule has 0 aliphatic carbocycles. The first-order valence-electron chi connectivity index (χ1n) is 11.3. The van der Waals surface area contributed by atoms with Crippen molar-refractivity contribution in [1.82, 2.24) is 15.2 Å². The summed E-state index contributed by atoms with van der Waals surface area (Å²) >= 11 is 0. The van der Waals surface area contributed by atoms with Gasteiger partial charge in [0.2, 0.25) is 5.91 Å². The molecule has 1 fully saturated rings. The number of carbonyl (C=O) groups is 1. The number of piperidine rings is 1. The average molecular weight is 408 g/mol. The number of rotatable bonds is 7. The second kappa shape index (κ2) is 10.2. The van der Waals surface area contributed by atoms with Crippen molar-refractivity contribution in [3.8, 4) is 0 Å². The normalized spacial score (nSPS) is 18.0. The zero-order chi connectivity index (χ0) is 21.6. The molecule has 30 heavy (non-hydrogen) atoms. The molecular weight excluding hydrogens is 370 g/mol. The molecule has 162 valence electrons. The summed E-state index contributed by atoms with van der Waals surface area (Å²) in [5.41, 5.74) is 2.00. The van der Waals surface area contributed by atoms with Crippen LogP contribution < -0.4 is 5.32 Å². The van der Waals surface area contributed by atoms with Crippen LogP contribution >= 0.6 is 0 Å². The Labute approximate surface area is 182 Å². The van der Waals surface area contributed by atoms with Crippen LogP contribution in [0.25, 0.3) is 0 Å². The third kappa shape index (κ3) is 6.15. The molecule has 2 atom stereocenters. The summed E-state index contributed by atoms with van der Waals surface area (Å²) in [5, 5.41) is 3.31. The van der Waals surface area contributed by atoms with Gasteiger partial charge >= 0.3 is 0 Å². The number of hydrogen-bond donors (Lipinski definition) is 1. The van der Waals surface area contributed by atoms with Crippen molar-refractivity contribution < 1.29 is 4.79 Å². The van der Waals surface area contributed by atoms with Crippen LogP contribution in [-0.4, -0.2) is 35.4 Å². The average Bonchev–Trinajstić information content (AvgIpc) is 2.76. The summed E-state index contributed by atoms with van der Waals surface area (Å²) in [6.07, 6.45) is 5.18. The van der Waals surface area contributed by atoms with Crippen molar-refractivity contribution in [2.24, 2.45) is 11.3 Å². The highest BCUT2D eigenvalue weighted by atomic mass is 16.2. The fourth-order valence-corrected chi connectivity index (χ4v) is 4.19. The van der Waals surface area contributed by atoms with Crippen molar-refractivity contribution in [2.75, 3.05) is 19.6 Å². The summed E-state index contributed by atoms with van der Waals surface area (Å²) in [4.78, 5) is 19.9. The first kappa shape index (κ1) is 22.5. The molecule has 1 aromatic carbocycles. The molecule has 2 heterocycles. The minimum absolute atomic E-state index is 0.0108. The number of aromatic nitrogens is 1. The summed E-state index contributed by atoms with van der Waals surface area (Å²) in [7, 11) is 0. The predicted octanol–water partition coefficient (Wildman–Crippen LogP) is 5.19. The lowest BCUT2D eigenvalue weighted by atomic mass is 9.85. The molecule has 2 aromatic rings. The lowest BCUT2D eigenvalue weighted by Gasteiger charge is -2.37. The maximum atomic E-state index is 12.7. The van der Waals surface area contributed by atoms with E-state index in [2.05, 4.69) is 52.5 Å². The molecule has 0 bridgehead atoms. The second-order valence-electron chi connectivity index (χ2n) is 9.74. The molecular formula is C26H37N3O. The van der Waals surface area contributed by atoms with Crippen LogP contribution in [0.5, 0.6) is 0 Å². The maximum absolute atomic E-state index is 12.7. The summed E-state index contributed by atoms with van der Waals surface area (Å²) in [6, 6.07) is 16.8.